The van der Waals surface area contributed by atoms with Crippen LogP contribution in [0.1, 0.15) is 18.9 Å². The monoisotopic (exact) mass is 309 g/mol. The topological polar surface area (TPSA) is 3.24 Å². The van der Waals surface area contributed by atoms with Crippen molar-refractivity contribution >= 4 is 23.1 Å². The number of benzene rings is 2. The van der Waals surface area contributed by atoms with Gasteiger partial charge in [-0.15, -0.1) is 0 Å². The summed E-state index contributed by atoms with van der Waals surface area (Å²) in [5, 5.41) is 0. The first-order valence-electron chi connectivity index (χ1n) is 6.76. The molecule has 0 radical (unpaired) electrons. The van der Waals surface area contributed by atoms with Crippen LogP contribution in [-0.2, 0) is 6.18 Å². The van der Waals surface area contributed by atoms with E-state index in [2.05, 4.69) is 0 Å². The first-order chi connectivity index (χ1) is 10.0. The minimum Gasteiger partial charge on any atom is -0.340 e. The highest BCUT2D eigenvalue weighted by molar-refractivity contribution is 7.99. The molecule has 0 saturated heterocycles. The molecule has 2 aromatic rings. The van der Waals surface area contributed by atoms with Crippen molar-refractivity contribution in [3.63, 3.8) is 0 Å². The van der Waals surface area contributed by atoms with Gasteiger partial charge < -0.3 is 4.90 Å². The van der Waals surface area contributed by atoms with Crippen LogP contribution in [0.5, 0.6) is 0 Å². The van der Waals surface area contributed by atoms with Crippen molar-refractivity contribution in [2.75, 3.05) is 11.4 Å². The normalized spacial score (nSPS) is 13.8. The number of hydrogen-bond donors (Lipinski definition) is 0. The van der Waals surface area contributed by atoms with Crippen LogP contribution in [-0.4, -0.2) is 6.54 Å². The number of hydrogen-bond acceptors (Lipinski definition) is 2. The summed E-state index contributed by atoms with van der Waals surface area (Å²) in [6.45, 7) is 2.73. The molecule has 110 valence electrons. The maximum absolute atomic E-state index is 12.9. The van der Waals surface area contributed by atoms with Crippen LogP contribution in [0.25, 0.3) is 0 Å². The number of para-hydroxylation sites is 1. The van der Waals surface area contributed by atoms with E-state index in [1.807, 2.05) is 36.1 Å². The number of nitrogens with zero attached hydrogens (tertiary/aromatic N) is 1. The van der Waals surface area contributed by atoms with E-state index in [0.717, 1.165) is 28.0 Å². The lowest BCUT2D eigenvalue weighted by Gasteiger charge is -2.33. The van der Waals surface area contributed by atoms with Crippen molar-refractivity contribution in [1.82, 2.24) is 0 Å². The molecule has 0 atom stereocenters. The third kappa shape index (κ3) is 2.62. The lowest BCUT2D eigenvalue weighted by Crippen LogP contribution is -2.22. The predicted octanol–water partition coefficient (Wildman–Crippen LogP) is 5.72. The molecule has 5 heteroatoms. The molecule has 2 aromatic carbocycles. The largest absolute Gasteiger partial charge is 0.416 e. The average molecular weight is 309 g/mol. The first-order valence-corrected chi connectivity index (χ1v) is 7.58. The SMILES string of the molecule is CCCN1c2ccccc2Sc2ccc(C(F)(F)F)cc21. The molecule has 3 rings (SSSR count). The van der Waals surface area contributed by atoms with Crippen molar-refractivity contribution in [2.45, 2.75) is 29.3 Å². The van der Waals surface area contributed by atoms with Crippen LogP contribution in [0.4, 0.5) is 24.5 Å². The van der Waals surface area contributed by atoms with Gasteiger partial charge in [0.15, 0.2) is 0 Å². The summed E-state index contributed by atoms with van der Waals surface area (Å²) in [5.41, 5.74) is 1.04. The molecule has 0 amide bonds. The zero-order valence-corrected chi connectivity index (χ0v) is 12.3. The number of alkyl halides is 3. The van der Waals surface area contributed by atoms with Crippen LogP contribution in [0.3, 0.4) is 0 Å². The Hall–Kier alpha value is -1.62. The molecular weight excluding hydrogens is 295 g/mol. The summed E-state index contributed by atoms with van der Waals surface area (Å²) < 4.78 is 38.8. The van der Waals surface area contributed by atoms with E-state index in [1.165, 1.54) is 17.8 Å². The number of halogens is 3. The van der Waals surface area contributed by atoms with Gasteiger partial charge in [0.25, 0.3) is 0 Å². The fourth-order valence-electron chi connectivity index (χ4n) is 2.47. The van der Waals surface area contributed by atoms with Crippen LogP contribution in [0.2, 0.25) is 0 Å². The van der Waals surface area contributed by atoms with Crippen molar-refractivity contribution in [3.8, 4) is 0 Å². The molecule has 0 aromatic heterocycles. The number of fused-ring (bicyclic) bond motifs is 2. The van der Waals surface area contributed by atoms with Crippen molar-refractivity contribution in [3.05, 3.63) is 48.0 Å². The Morgan fingerprint density at radius 1 is 1.00 bits per heavy atom. The summed E-state index contributed by atoms with van der Waals surface area (Å²) in [6, 6.07) is 11.8. The summed E-state index contributed by atoms with van der Waals surface area (Å²) in [5.74, 6) is 0. The quantitative estimate of drug-likeness (QED) is 0.698. The van der Waals surface area contributed by atoms with Gasteiger partial charge in [-0.05, 0) is 36.8 Å². The highest BCUT2D eigenvalue weighted by atomic mass is 32.2. The molecular formula is C16H14F3NS. The van der Waals surface area contributed by atoms with E-state index in [1.54, 1.807) is 6.07 Å². The highest BCUT2D eigenvalue weighted by Crippen LogP contribution is 2.49. The average Bonchev–Trinajstić information content (AvgIpc) is 2.45. The van der Waals surface area contributed by atoms with Gasteiger partial charge in [0.05, 0.1) is 16.9 Å². The van der Waals surface area contributed by atoms with Gasteiger partial charge in [0.1, 0.15) is 0 Å². The zero-order chi connectivity index (χ0) is 15.0. The third-order valence-corrected chi connectivity index (χ3v) is 4.53. The van der Waals surface area contributed by atoms with E-state index in [9.17, 15) is 13.2 Å². The molecule has 1 aliphatic heterocycles. The molecule has 0 unspecified atom stereocenters. The van der Waals surface area contributed by atoms with Gasteiger partial charge in [0, 0.05) is 16.3 Å². The molecule has 0 bridgehead atoms. The second-order valence-corrected chi connectivity index (χ2v) is 5.99. The lowest BCUT2D eigenvalue weighted by atomic mass is 10.1. The van der Waals surface area contributed by atoms with E-state index in [4.69, 9.17) is 0 Å². The van der Waals surface area contributed by atoms with Crippen LogP contribution < -0.4 is 4.90 Å². The van der Waals surface area contributed by atoms with E-state index in [0.29, 0.717) is 12.2 Å². The number of anilines is 2. The molecule has 0 N–H and O–H groups in total. The minimum atomic E-state index is -4.31. The minimum absolute atomic E-state index is 0.595. The van der Waals surface area contributed by atoms with Crippen molar-refractivity contribution in [1.29, 1.82) is 0 Å². The Kier molecular flexibility index (Phi) is 3.61. The highest BCUT2D eigenvalue weighted by Gasteiger charge is 2.33. The Bertz CT molecular complexity index is 667. The molecule has 0 aliphatic carbocycles. The third-order valence-electron chi connectivity index (χ3n) is 3.40. The number of rotatable bonds is 2. The standard InChI is InChI=1S/C16H14F3NS/c1-2-9-20-12-5-3-4-6-14(12)21-15-8-7-11(10-13(15)20)16(17,18)19/h3-8,10H,2,9H2,1H3. The van der Waals surface area contributed by atoms with E-state index < -0.39 is 11.7 Å². The van der Waals surface area contributed by atoms with Crippen LogP contribution in [0, 0.1) is 0 Å². The molecule has 0 fully saturated rings. The zero-order valence-electron chi connectivity index (χ0n) is 11.4. The van der Waals surface area contributed by atoms with Gasteiger partial charge in [-0.1, -0.05) is 30.8 Å². The lowest BCUT2D eigenvalue weighted by molar-refractivity contribution is -0.137. The van der Waals surface area contributed by atoms with Gasteiger partial charge >= 0.3 is 6.18 Å². The fraction of sp³-hybridized carbons (Fsp3) is 0.250. The van der Waals surface area contributed by atoms with Gasteiger partial charge in [-0.3, -0.25) is 0 Å². The Morgan fingerprint density at radius 3 is 2.43 bits per heavy atom. The second-order valence-electron chi connectivity index (χ2n) is 4.90. The summed E-state index contributed by atoms with van der Waals surface area (Å²) in [7, 11) is 0. The van der Waals surface area contributed by atoms with Gasteiger partial charge in [-0.2, -0.15) is 13.2 Å². The summed E-state index contributed by atoms with van der Waals surface area (Å²) in [6.07, 6.45) is -3.44. The van der Waals surface area contributed by atoms with Gasteiger partial charge in [-0.25, -0.2) is 0 Å². The van der Waals surface area contributed by atoms with Crippen molar-refractivity contribution in [2.24, 2.45) is 0 Å². The Morgan fingerprint density at radius 2 is 1.71 bits per heavy atom. The summed E-state index contributed by atoms with van der Waals surface area (Å²) >= 11 is 1.52. The van der Waals surface area contributed by atoms with Crippen LogP contribution in [0.15, 0.2) is 52.3 Å². The van der Waals surface area contributed by atoms with Crippen molar-refractivity contribution < 1.29 is 13.2 Å². The molecule has 1 heterocycles. The first kappa shape index (κ1) is 14.3. The Balaban J connectivity index is 2.12. The van der Waals surface area contributed by atoms with Crippen LogP contribution >= 0.6 is 11.8 Å². The molecule has 21 heavy (non-hydrogen) atoms. The van der Waals surface area contributed by atoms with E-state index >= 15 is 0 Å². The maximum Gasteiger partial charge on any atom is 0.416 e. The predicted molar refractivity (Wildman–Crippen MR) is 79.3 cm³/mol. The maximum atomic E-state index is 12.9. The molecule has 0 spiro atoms. The molecule has 0 saturated carbocycles. The second kappa shape index (κ2) is 5.30. The summed E-state index contributed by atoms with van der Waals surface area (Å²) in [4.78, 5) is 3.93. The fourth-order valence-corrected chi connectivity index (χ4v) is 3.55. The molecule has 1 aliphatic rings. The smallest absolute Gasteiger partial charge is 0.340 e. The van der Waals surface area contributed by atoms with Gasteiger partial charge in [0.2, 0.25) is 0 Å². The van der Waals surface area contributed by atoms with E-state index in [-0.39, 0.29) is 0 Å². The Labute approximate surface area is 125 Å². The molecule has 1 nitrogen and oxygen atoms in total.